The van der Waals surface area contributed by atoms with Crippen molar-refractivity contribution in [3.8, 4) is 0 Å². The van der Waals surface area contributed by atoms with Crippen molar-refractivity contribution in [3.63, 3.8) is 0 Å². The third-order valence-corrected chi connectivity index (χ3v) is 6.91. The Morgan fingerprint density at radius 2 is 1.53 bits per heavy atom. The molecule has 0 atom stereocenters. The lowest BCUT2D eigenvalue weighted by Gasteiger charge is -2.10. The van der Waals surface area contributed by atoms with Gasteiger partial charge in [0.1, 0.15) is 0 Å². The van der Waals surface area contributed by atoms with Crippen LogP contribution >= 0.6 is 0 Å². The maximum Gasteiger partial charge on any atom is 0.261 e. The molecule has 0 radical (unpaired) electrons. The normalized spacial score (nSPS) is 11.3. The van der Waals surface area contributed by atoms with E-state index >= 15 is 0 Å². The first-order chi connectivity index (χ1) is 16.3. The number of aryl methyl sites for hydroxylation is 1. The number of anilines is 1. The van der Waals surface area contributed by atoms with Gasteiger partial charge < -0.3 is 9.88 Å². The van der Waals surface area contributed by atoms with E-state index in [0.717, 1.165) is 13.0 Å². The van der Waals surface area contributed by atoms with Gasteiger partial charge in [-0.3, -0.25) is 14.3 Å². The molecule has 0 fully saturated rings. The van der Waals surface area contributed by atoms with Crippen LogP contribution in [-0.2, 0) is 16.6 Å². The fraction of sp³-hybridized carbons (Fsp3) is 0.154. The average Bonchev–Trinajstić information content (AvgIpc) is 3.25. The van der Waals surface area contributed by atoms with E-state index in [-0.39, 0.29) is 16.6 Å². The molecule has 3 aromatic carbocycles. The zero-order valence-electron chi connectivity index (χ0n) is 18.7. The van der Waals surface area contributed by atoms with Gasteiger partial charge in [0.15, 0.2) is 5.78 Å². The van der Waals surface area contributed by atoms with Crippen LogP contribution in [0.15, 0.2) is 90.0 Å². The molecule has 1 heterocycles. The van der Waals surface area contributed by atoms with Crippen molar-refractivity contribution in [2.75, 3.05) is 11.3 Å². The quantitative estimate of drug-likeness (QED) is 0.276. The second-order valence-corrected chi connectivity index (χ2v) is 9.62. The van der Waals surface area contributed by atoms with Gasteiger partial charge in [-0.25, -0.2) is 8.42 Å². The van der Waals surface area contributed by atoms with Crippen molar-refractivity contribution >= 4 is 38.3 Å². The molecule has 0 unspecified atom stereocenters. The smallest absolute Gasteiger partial charge is 0.261 e. The monoisotopic (exact) mass is 475 g/mol. The number of nitrogens with zero attached hydrogens (tertiary/aromatic N) is 1. The van der Waals surface area contributed by atoms with Crippen LogP contribution in [0, 0.1) is 0 Å². The van der Waals surface area contributed by atoms with Gasteiger partial charge in [0, 0.05) is 41.6 Å². The summed E-state index contributed by atoms with van der Waals surface area (Å²) in [6.07, 6.45) is 2.83. The molecule has 174 valence electrons. The third-order valence-electron chi connectivity index (χ3n) is 5.51. The highest BCUT2D eigenvalue weighted by Gasteiger charge is 2.15. The molecule has 8 heteroatoms. The molecule has 7 nitrogen and oxygen atoms in total. The van der Waals surface area contributed by atoms with E-state index in [1.807, 2.05) is 18.3 Å². The van der Waals surface area contributed by atoms with Crippen molar-refractivity contribution < 1.29 is 18.0 Å². The number of amides is 1. The number of hydrogen-bond acceptors (Lipinski definition) is 4. The summed E-state index contributed by atoms with van der Waals surface area (Å²) in [6.45, 7) is 2.74. The van der Waals surface area contributed by atoms with Crippen molar-refractivity contribution in [2.24, 2.45) is 0 Å². The number of sulfonamides is 1. The molecule has 0 saturated heterocycles. The maximum atomic E-state index is 12.6. The first kappa shape index (κ1) is 23.3. The molecule has 0 aliphatic carbocycles. The predicted molar refractivity (Wildman–Crippen MR) is 133 cm³/mol. The van der Waals surface area contributed by atoms with E-state index in [1.165, 1.54) is 42.1 Å². The molecule has 34 heavy (non-hydrogen) atoms. The van der Waals surface area contributed by atoms with E-state index in [9.17, 15) is 18.0 Å². The number of fused-ring (bicyclic) bond motifs is 1. The summed E-state index contributed by atoms with van der Waals surface area (Å²) in [5.74, 6) is -0.351. The number of nitrogens with one attached hydrogen (secondary N) is 2. The number of aromatic nitrogens is 1. The van der Waals surface area contributed by atoms with Crippen LogP contribution in [0.4, 0.5) is 5.69 Å². The second-order valence-electron chi connectivity index (χ2n) is 7.94. The summed E-state index contributed by atoms with van der Waals surface area (Å²) in [5, 5.41) is 4.09. The van der Waals surface area contributed by atoms with Crippen LogP contribution < -0.4 is 10.0 Å². The van der Waals surface area contributed by atoms with E-state index in [4.69, 9.17) is 0 Å². The molecule has 0 spiro atoms. The Kier molecular flexibility index (Phi) is 6.79. The highest BCUT2D eigenvalue weighted by molar-refractivity contribution is 7.92. The zero-order chi connectivity index (χ0) is 24.1. The minimum Gasteiger partial charge on any atom is -0.352 e. The van der Waals surface area contributed by atoms with Gasteiger partial charge >= 0.3 is 0 Å². The first-order valence-corrected chi connectivity index (χ1v) is 12.4. The van der Waals surface area contributed by atoms with E-state index < -0.39 is 10.0 Å². The summed E-state index contributed by atoms with van der Waals surface area (Å²) < 4.78 is 29.8. The van der Waals surface area contributed by atoms with Crippen LogP contribution in [0.1, 0.15) is 34.1 Å². The predicted octanol–water partition coefficient (Wildman–Crippen LogP) is 4.46. The maximum absolute atomic E-state index is 12.6. The van der Waals surface area contributed by atoms with E-state index in [2.05, 4.69) is 32.8 Å². The number of rotatable bonds is 9. The Hall–Kier alpha value is -3.91. The average molecular weight is 476 g/mol. The topological polar surface area (TPSA) is 97.3 Å². The highest BCUT2D eigenvalue weighted by atomic mass is 32.2. The SMILES string of the molecule is CC(=O)c1ccc(S(=O)(=O)Nc2ccc(C(=O)NCCCn3ccc4ccccc43)cc2)cc1. The van der Waals surface area contributed by atoms with Crippen molar-refractivity contribution in [1.82, 2.24) is 9.88 Å². The molecule has 0 aliphatic rings. The van der Waals surface area contributed by atoms with Gasteiger partial charge in [0.05, 0.1) is 4.90 Å². The van der Waals surface area contributed by atoms with Gasteiger partial charge in [-0.2, -0.15) is 0 Å². The Morgan fingerprint density at radius 3 is 2.24 bits per heavy atom. The summed E-state index contributed by atoms with van der Waals surface area (Å²) in [4.78, 5) is 23.9. The fourth-order valence-electron chi connectivity index (χ4n) is 3.66. The van der Waals surface area contributed by atoms with Crippen molar-refractivity contribution in [2.45, 2.75) is 24.8 Å². The van der Waals surface area contributed by atoms with Gasteiger partial charge in [-0.1, -0.05) is 30.3 Å². The molecule has 1 amide bonds. The fourth-order valence-corrected chi connectivity index (χ4v) is 4.72. The Bertz CT molecular complexity index is 1420. The highest BCUT2D eigenvalue weighted by Crippen LogP contribution is 2.18. The van der Waals surface area contributed by atoms with Crippen molar-refractivity contribution in [3.05, 3.63) is 96.2 Å². The third kappa shape index (κ3) is 5.35. The van der Waals surface area contributed by atoms with Gasteiger partial charge in [0.25, 0.3) is 15.9 Å². The van der Waals surface area contributed by atoms with Crippen LogP contribution in [0.3, 0.4) is 0 Å². The molecule has 0 bridgehead atoms. The van der Waals surface area contributed by atoms with E-state index in [1.54, 1.807) is 24.3 Å². The second kappa shape index (κ2) is 9.93. The van der Waals surface area contributed by atoms with Crippen LogP contribution in [-0.4, -0.2) is 31.2 Å². The molecule has 2 N–H and O–H groups in total. The molecule has 1 aromatic heterocycles. The van der Waals surface area contributed by atoms with Gasteiger partial charge in [-0.05, 0) is 67.3 Å². The number of Topliss-reactive ketones (excluding diaryl/α,β-unsaturated/α-hetero) is 1. The summed E-state index contributed by atoms with van der Waals surface area (Å²) in [5.41, 5.74) is 2.39. The van der Waals surface area contributed by atoms with Gasteiger partial charge in [-0.15, -0.1) is 0 Å². The Morgan fingerprint density at radius 1 is 0.853 bits per heavy atom. The lowest BCUT2D eigenvalue weighted by atomic mass is 10.2. The summed E-state index contributed by atoms with van der Waals surface area (Å²) in [6, 6.07) is 22.2. The number of carbonyl (C=O) groups is 2. The lowest BCUT2D eigenvalue weighted by molar-refractivity contribution is 0.0951. The largest absolute Gasteiger partial charge is 0.352 e. The number of hydrogen-bond donors (Lipinski definition) is 2. The number of carbonyl (C=O) groups excluding carboxylic acids is 2. The summed E-state index contributed by atoms with van der Waals surface area (Å²) in [7, 11) is -3.81. The Balaban J connectivity index is 1.30. The molecular weight excluding hydrogens is 450 g/mol. The molecule has 0 saturated carbocycles. The lowest BCUT2D eigenvalue weighted by Crippen LogP contribution is -2.25. The zero-order valence-corrected chi connectivity index (χ0v) is 19.5. The van der Waals surface area contributed by atoms with Crippen molar-refractivity contribution in [1.29, 1.82) is 0 Å². The minimum absolute atomic E-state index is 0.0507. The number of para-hydroxylation sites is 1. The summed E-state index contributed by atoms with van der Waals surface area (Å²) >= 11 is 0. The molecule has 4 aromatic rings. The van der Waals surface area contributed by atoms with Crippen LogP contribution in [0.25, 0.3) is 10.9 Å². The standard InChI is InChI=1S/C26H25N3O4S/c1-19(30)20-9-13-24(14-10-20)34(32,33)28-23-11-7-22(8-12-23)26(31)27-16-4-17-29-18-15-21-5-2-3-6-25(21)29/h2-3,5-15,18,28H,4,16-17H2,1H3,(H,27,31). The molecular formula is C26H25N3O4S. The molecule has 4 rings (SSSR count). The number of ketones is 1. The van der Waals surface area contributed by atoms with E-state index in [0.29, 0.717) is 23.4 Å². The van der Waals surface area contributed by atoms with Gasteiger partial charge in [0.2, 0.25) is 0 Å². The molecule has 0 aliphatic heterocycles. The Labute approximate surface area is 198 Å². The first-order valence-electron chi connectivity index (χ1n) is 10.9. The van der Waals surface area contributed by atoms with Crippen LogP contribution in [0.2, 0.25) is 0 Å². The van der Waals surface area contributed by atoms with Crippen LogP contribution in [0.5, 0.6) is 0 Å². The number of benzene rings is 3. The minimum atomic E-state index is -3.81.